The van der Waals surface area contributed by atoms with Crippen LogP contribution >= 0.6 is 0 Å². The molecular weight excluding hydrogens is 929 g/mol. The van der Waals surface area contributed by atoms with Crippen molar-refractivity contribution >= 4 is 11.1 Å². The number of hydrogen-bond acceptors (Lipinski definition) is 10. The lowest BCUT2D eigenvalue weighted by Crippen LogP contribution is -2.12. The maximum Gasteiger partial charge on any atom is 0.119 e. The molecule has 74 heavy (non-hydrogen) atoms. The largest absolute Gasteiger partial charge is 0.494 e. The van der Waals surface area contributed by atoms with E-state index >= 15 is 0 Å². The third-order valence-corrected chi connectivity index (χ3v) is 13.0. The lowest BCUT2D eigenvalue weighted by atomic mass is 9.85. The van der Waals surface area contributed by atoms with Gasteiger partial charge in [-0.15, -0.1) is 0 Å². The maximum absolute atomic E-state index is 6.33. The van der Waals surface area contributed by atoms with Gasteiger partial charge in [0.25, 0.3) is 0 Å². The quantitative estimate of drug-likeness (QED) is 0.0315. The molecule has 0 atom stereocenters. The van der Waals surface area contributed by atoms with Crippen LogP contribution in [0.4, 0.5) is 0 Å². The minimum Gasteiger partial charge on any atom is -0.494 e. The van der Waals surface area contributed by atoms with E-state index in [0.717, 1.165) is 82.5 Å². The summed E-state index contributed by atoms with van der Waals surface area (Å²) in [5, 5.41) is 0. The summed E-state index contributed by atoms with van der Waals surface area (Å²) in [6.45, 7) is 12.1. The SMILES string of the molecule is CCCCCCCCCCCCOc1ccc(C(=C(c2ccc(OCCOCCOCCOC)cc2)c2ccc(OCCOCCOCCOC)cc2)c2ccc(OCCCCCCCCCCCC)cc2)cc1. The van der Waals surface area contributed by atoms with Crippen LogP contribution in [0, 0.1) is 0 Å². The molecule has 0 aromatic heterocycles. The Hall–Kier alpha value is -4.42. The molecule has 4 rings (SSSR count). The molecule has 0 N–H and O–H groups in total. The van der Waals surface area contributed by atoms with Crippen molar-refractivity contribution in [2.75, 3.05) is 107 Å². The molecule has 0 radical (unpaired) electrons. The van der Waals surface area contributed by atoms with Gasteiger partial charge < -0.3 is 47.4 Å². The van der Waals surface area contributed by atoms with Gasteiger partial charge in [-0.25, -0.2) is 0 Å². The highest BCUT2D eigenvalue weighted by molar-refractivity contribution is 6.04. The monoisotopic (exact) mass is 1020 g/mol. The fourth-order valence-corrected chi connectivity index (χ4v) is 8.71. The van der Waals surface area contributed by atoms with Crippen LogP contribution in [0.25, 0.3) is 11.1 Å². The van der Waals surface area contributed by atoms with Gasteiger partial charge in [-0.3, -0.25) is 0 Å². The molecule has 4 aromatic carbocycles. The number of benzene rings is 4. The van der Waals surface area contributed by atoms with Crippen LogP contribution in [0.5, 0.6) is 23.0 Å². The van der Waals surface area contributed by atoms with Crippen molar-refractivity contribution < 1.29 is 47.4 Å². The number of methoxy groups -OCH3 is 2. The Kier molecular flexibility index (Phi) is 35.9. The van der Waals surface area contributed by atoms with E-state index in [1.807, 2.05) is 24.3 Å². The van der Waals surface area contributed by atoms with Crippen molar-refractivity contribution in [3.05, 3.63) is 119 Å². The summed E-state index contributed by atoms with van der Waals surface area (Å²) < 4.78 is 57.5. The second-order valence-corrected chi connectivity index (χ2v) is 19.0. The molecule has 0 saturated carbocycles. The van der Waals surface area contributed by atoms with E-state index in [0.29, 0.717) is 79.3 Å². The van der Waals surface area contributed by atoms with Crippen LogP contribution in [-0.4, -0.2) is 107 Å². The zero-order valence-corrected chi connectivity index (χ0v) is 46.4. The van der Waals surface area contributed by atoms with E-state index in [2.05, 4.69) is 86.6 Å². The van der Waals surface area contributed by atoms with Gasteiger partial charge in [-0.2, -0.15) is 0 Å². The van der Waals surface area contributed by atoms with E-state index in [1.165, 1.54) is 116 Å². The maximum atomic E-state index is 6.33. The molecule has 0 aliphatic rings. The van der Waals surface area contributed by atoms with E-state index < -0.39 is 0 Å². The summed E-state index contributed by atoms with van der Waals surface area (Å²) in [4.78, 5) is 0. The standard InChI is InChI=1S/C64H96O10/c1-5-7-9-11-13-15-17-19-21-23-41-71-59-33-25-55(26-34-59)63(56-27-35-60(36-28-56)72-42-24-22-20-18-16-14-12-10-8-6-2)64(57-29-37-61(38-30-57)73-53-51-69-49-47-67-45-43-65-3)58-31-39-62(40-32-58)74-54-52-70-50-48-68-46-44-66-4/h25-40H,5-24,41-54H2,1-4H3. The molecular formula is C64H96O10. The minimum atomic E-state index is 0.432. The first kappa shape index (κ1) is 62.1. The molecule has 10 nitrogen and oxygen atoms in total. The van der Waals surface area contributed by atoms with Gasteiger partial charge in [0.05, 0.1) is 79.3 Å². The van der Waals surface area contributed by atoms with Crippen LogP contribution in [0.3, 0.4) is 0 Å². The van der Waals surface area contributed by atoms with Crippen molar-refractivity contribution in [3.63, 3.8) is 0 Å². The second kappa shape index (κ2) is 42.8. The van der Waals surface area contributed by atoms with Crippen LogP contribution in [0.2, 0.25) is 0 Å². The van der Waals surface area contributed by atoms with Gasteiger partial charge in [0, 0.05) is 14.2 Å². The van der Waals surface area contributed by atoms with Crippen molar-refractivity contribution in [2.45, 2.75) is 142 Å². The molecule has 0 aliphatic carbocycles. The van der Waals surface area contributed by atoms with E-state index in [9.17, 15) is 0 Å². The number of hydrogen-bond donors (Lipinski definition) is 0. The van der Waals surface area contributed by atoms with Gasteiger partial charge in [0.15, 0.2) is 0 Å². The zero-order valence-electron chi connectivity index (χ0n) is 46.4. The van der Waals surface area contributed by atoms with E-state index in [-0.39, 0.29) is 0 Å². The predicted octanol–water partition coefficient (Wildman–Crippen LogP) is 15.4. The van der Waals surface area contributed by atoms with Gasteiger partial charge in [0.2, 0.25) is 0 Å². The smallest absolute Gasteiger partial charge is 0.119 e. The summed E-state index contributed by atoms with van der Waals surface area (Å²) in [6.07, 6.45) is 26.0. The summed E-state index contributed by atoms with van der Waals surface area (Å²) in [5.74, 6) is 3.31. The molecule has 0 fully saturated rings. The van der Waals surface area contributed by atoms with Gasteiger partial charge in [-0.05, 0) is 94.8 Å². The first-order chi connectivity index (χ1) is 36.7. The predicted molar refractivity (Wildman–Crippen MR) is 303 cm³/mol. The van der Waals surface area contributed by atoms with E-state index in [4.69, 9.17) is 47.4 Å². The topological polar surface area (TPSA) is 92.3 Å². The molecule has 0 spiro atoms. The Bertz CT molecular complexity index is 1790. The number of rotatable bonds is 48. The second-order valence-electron chi connectivity index (χ2n) is 19.0. The van der Waals surface area contributed by atoms with E-state index in [1.54, 1.807) is 14.2 Å². The third-order valence-electron chi connectivity index (χ3n) is 13.0. The summed E-state index contributed by atoms with van der Waals surface area (Å²) in [5.41, 5.74) is 6.44. The molecule has 0 saturated heterocycles. The Morgan fingerprint density at radius 3 is 0.716 bits per heavy atom. The van der Waals surface area contributed by atoms with Crippen LogP contribution in [0.1, 0.15) is 165 Å². The molecule has 0 amide bonds. The first-order valence-corrected chi connectivity index (χ1v) is 28.6. The number of unbranched alkanes of at least 4 members (excludes halogenated alkanes) is 18. The lowest BCUT2D eigenvalue weighted by molar-refractivity contribution is 0.0180. The number of ether oxygens (including phenoxy) is 10. The molecule has 4 aromatic rings. The Morgan fingerprint density at radius 1 is 0.243 bits per heavy atom. The molecule has 0 bridgehead atoms. The highest BCUT2D eigenvalue weighted by Gasteiger charge is 2.18. The van der Waals surface area contributed by atoms with Crippen molar-refractivity contribution in [1.82, 2.24) is 0 Å². The first-order valence-electron chi connectivity index (χ1n) is 28.6. The molecule has 0 heterocycles. The minimum absolute atomic E-state index is 0.432. The fourth-order valence-electron chi connectivity index (χ4n) is 8.71. The highest BCUT2D eigenvalue weighted by Crippen LogP contribution is 2.39. The average Bonchev–Trinajstić information content (AvgIpc) is 3.43. The van der Waals surface area contributed by atoms with Crippen LogP contribution in [-0.2, 0) is 28.4 Å². The van der Waals surface area contributed by atoms with Gasteiger partial charge in [-0.1, -0.05) is 178 Å². The summed E-state index contributed by atoms with van der Waals surface area (Å²) in [6, 6.07) is 34.0. The Balaban J connectivity index is 1.53. The average molecular weight is 1030 g/mol. The van der Waals surface area contributed by atoms with Crippen LogP contribution < -0.4 is 18.9 Å². The Morgan fingerprint density at radius 2 is 0.459 bits per heavy atom. The zero-order chi connectivity index (χ0) is 52.2. The lowest BCUT2D eigenvalue weighted by Gasteiger charge is -2.19. The van der Waals surface area contributed by atoms with Gasteiger partial charge in [0.1, 0.15) is 36.2 Å². The van der Waals surface area contributed by atoms with Crippen molar-refractivity contribution in [3.8, 4) is 23.0 Å². The normalized spacial score (nSPS) is 11.2. The third kappa shape index (κ3) is 27.9. The molecule has 0 aliphatic heterocycles. The summed E-state index contributed by atoms with van der Waals surface area (Å²) >= 11 is 0. The molecule has 0 unspecified atom stereocenters. The molecule has 10 heteroatoms. The summed E-state index contributed by atoms with van der Waals surface area (Å²) in [7, 11) is 3.33. The highest BCUT2D eigenvalue weighted by atomic mass is 16.6. The van der Waals surface area contributed by atoms with Crippen molar-refractivity contribution in [1.29, 1.82) is 0 Å². The Labute approximate surface area is 448 Å². The molecule has 412 valence electrons. The fraction of sp³-hybridized carbons (Fsp3) is 0.594. The van der Waals surface area contributed by atoms with Gasteiger partial charge >= 0.3 is 0 Å². The van der Waals surface area contributed by atoms with Crippen LogP contribution in [0.15, 0.2) is 97.1 Å². The van der Waals surface area contributed by atoms with Crippen molar-refractivity contribution in [2.24, 2.45) is 0 Å².